The Bertz CT molecular complexity index is 874. The number of anilines is 1. The topological polar surface area (TPSA) is 23.6 Å². The number of nitrogens with zero attached hydrogens (tertiary/aromatic N) is 2. The Kier molecular flexibility index (Phi) is 4.65. The quantitative estimate of drug-likeness (QED) is 0.729. The fourth-order valence-corrected chi connectivity index (χ4v) is 4.42. The summed E-state index contributed by atoms with van der Waals surface area (Å²) in [7, 11) is 0. The molecule has 1 spiro atoms. The molecule has 0 aliphatic carbocycles. The maximum absolute atomic E-state index is 14.7. The number of hydrogen-bond acceptors (Lipinski definition) is 2. The van der Waals surface area contributed by atoms with E-state index in [9.17, 15) is 22.4 Å². The van der Waals surface area contributed by atoms with E-state index in [2.05, 4.69) is 4.90 Å². The molecule has 0 N–H and O–H groups in total. The molecular formula is C21H20F4N2O. The van der Waals surface area contributed by atoms with Gasteiger partial charge in [0.2, 0.25) is 5.91 Å². The zero-order valence-corrected chi connectivity index (χ0v) is 15.2. The molecule has 0 unspecified atom stereocenters. The van der Waals surface area contributed by atoms with E-state index < -0.39 is 29.9 Å². The van der Waals surface area contributed by atoms with E-state index in [0.29, 0.717) is 37.4 Å². The molecule has 0 atom stereocenters. The van der Waals surface area contributed by atoms with Crippen molar-refractivity contribution in [3.63, 3.8) is 0 Å². The van der Waals surface area contributed by atoms with Gasteiger partial charge in [0, 0.05) is 12.1 Å². The van der Waals surface area contributed by atoms with Crippen LogP contribution in [-0.4, -0.2) is 36.6 Å². The SMILES string of the molecule is O=C1N(CC(F)(F)F)c2cccc(F)c2C12CCN(Cc1ccccc1)CC2. The van der Waals surface area contributed by atoms with Gasteiger partial charge < -0.3 is 4.90 Å². The Morgan fingerprint density at radius 3 is 2.29 bits per heavy atom. The summed E-state index contributed by atoms with van der Waals surface area (Å²) in [5.41, 5.74) is 0.1000. The van der Waals surface area contributed by atoms with Crippen molar-refractivity contribution in [3.8, 4) is 0 Å². The van der Waals surface area contributed by atoms with Crippen LogP contribution in [0.2, 0.25) is 0 Å². The van der Waals surface area contributed by atoms with E-state index in [-0.39, 0.29) is 11.3 Å². The van der Waals surface area contributed by atoms with Gasteiger partial charge in [0.05, 0.1) is 11.1 Å². The summed E-state index contributed by atoms with van der Waals surface area (Å²) < 4.78 is 53.8. The van der Waals surface area contributed by atoms with Gasteiger partial charge in [0.15, 0.2) is 0 Å². The lowest BCUT2D eigenvalue weighted by Crippen LogP contribution is -2.50. The fourth-order valence-electron chi connectivity index (χ4n) is 4.42. The highest BCUT2D eigenvalue weighted by Crippen LogP contribution is 2.49. The third kappa shape index (κ3) is 3.28. The van der Waals surface area contributed by atoms with Crippen molar-refractivity contribution < 1.29 is 22.4 Å². The van der Waals surface area contributed by atoms with Crippen LogP contribution in [0.3, 0.4) is 0 Å². The molecule has 3 nitrogen and oxygen atoms in total. The lowest BCUT2D eigenvalue weighted by atomic mass is 9.73. The van der Waals surface area contributed by atoms with Gasteiger partial charge in [-0.05, 0) is 43.6 Å². The third-order valence-corrected chi connectivity index (χ3v) is 5.71. The molecule has 1 fully saturated rings. The van der Waals surface area contributed by atoms with Crippen LogP contribution in [0.25, 0.3) is 0 Å². The Morgan fingerprint density at radius 1 is 0.964 bits per heavy atom. The predicted molar refractivity (Wildman–Crippen MR) is 97.4 cm³/mol. The molecule has 2 aromatic rings. The Labute approximate surface area is 160 Å². The number of rotatable bonds is 3. The van der Waals surface area contributed by atoms with Crippen molar-refractivity contribution in [3.05, 3.63) is 65.5 Å². The molecule has 4 rings (SSSR count). The standard InChI is InChI=1S/C21H20F4N2O/c22-16-7-4-8-17-18(16)20(19(28)27(17)14-21(23,24)25)9-11-26(12-10-20)13-15-5-2-1-3-6-15/h1-8H,9-14H2. The van der Waals surface area contributed by atoms with E-state index in [1.807, 2.05) is 30.3 Å². The summed E-state index contributed by atoms with van der Waals surface area (Å²) in [4.78, 5) is 15.9. The number of hydrogen-bond donors (Lipinski definition) is 0. The summed E-state index contributed by atoms with van der Waals surface area (Å²) in [6.45, 7) is 0.349. The first-order valence-electron chi connectivity index (χ1n) is 9.24. The number of carbonyl (C=O) groups is 1. The molecule has 0 radical (unpaired) electrons. The summed E-state index contributed by atoms with van der Waals surface area (Å²) in [5.74, 6) is -1.24. The van der Waals surface area contributed by atoms with Gasteiger partial charge in [-0.1, -0.05) is 36.4 Å². The van der Waals surface area contributed by atoms with Gasteiger partial charge in [0.1, 0.15) is 12.4 Å². The van der Waals surface area contributed by atoms with Crippen LogP contribution >= 0.6 is 0 Å². The van der Waals surface area contributed by atoms with Crippen LogP contribution in [-0.2, 0) is 16.8 Å². The molecular weight excluding hydrogens is 372 g/mol. The molecule has 7 heteroatoms. The highest BCUT2D eigenvalue weighted by atomic mass is 19.4. The first-order chi connectivity index (χ1) is 13.3. The Hall–Kier alpha value is -2.41. The van der Waals surface area contributed by atoms with E-state index in [1.54, 1.807) is 0 Å². The average molecular weight is 392 g/mol. The number of amides is 1. The van der Waals surface area contributed by atoms with Gasteiger partial charge in [-0.3, -0.25) is 9.69 Å². The van der Waals surface area contributed by atoms with Crippen LogP contribution < -0.4 is 4.90 Å². The number of carbonyl (C=O) groups excluding carboxylic acids is 1. The zero-order chi connectivity index (χ0) is 19.9. The van der Waals surface area contributed by atoms with Gasteiger partial charge in [-0.25, -0.2) is 4.39 Å². The van der Waals surface area contributed by atoms with Crippen molar-refractivity contribution in [2.75, 3.05) is 24.5 Å². The second kappa shape index (κ2) is 6.88. The molecule has 0 aromatic heterocycles. The van der Waals surface area contributed by atoms with Crippen LogP contribution in [0.4, 0.5) is 23.2 Å². The molecule has 2 aliphatic heterocycles. The van der Waals surface area contributed by atoms with Crippen molar-refractivity contribution in [1.82, 2.24) is 4.90 Å². The first kappa shape index (κ1) is 18.9. The second-order valence-corrected chi connectivity index (χ2v) is 7.48. The summed E-state index contributed by atoms with van der Waals surface area (Å²) in [5, 5.41) is 0. The highest BCUT2D eigenvalue weighted by Gasteiger charge is 2.55. The number of piperidine rings is 1. The number of alkyl halides is 3. The number of benzene rings is 2. The first-order valence-corrected chi connectivity index (χ1v) is 9.24. The molecule has 1 saturated heterocycles. The Balaban J connectivity index is 1.60. The van der Waals surface area contributed by atoms with Crippen molar-refractivity contribution in [2.45, 2.75) is 31.0 Å². The van der Waals surface area contributed by atoms with E-state index in [0.717, 1.165) is 5.56 Å². The van der Waals surface area contributed by atoms with Crippen molar-refractivity contribution in [1.29, 1.82) is 0 Å². The van der Waals surface area contributed by atoms with E-state index >= 15 is 0 Å². The molecule has 0 bridgehead atoms. The maximum Gasteiger partial charge on any atom is 0.406 e. The monoisotopic (exact) mass is 392 g/mol. The van der Waals surface area contributed by atoms with E-state index in [1.165, 1.54) is 18.2 Å². The lowest BCUT2D eigenvalue weighted by Gasteiger charge is -2.38. The molecule has 2 aliphatic rings. The third-order valence-electron chi connectivity index (χ3n) is 5.71. The highest BCUT2D eigenvalue weighted by molar-refractivity contribution is 6.08. The fraction of sp³-hybridized carbons (Fsp3) is 0.381. The number of halogens is 4. The second-order valence-electron chi connectivity index (χ2n) is 7.48. The van der Waals surface area contributed by atoms with Crippen LogP contribution in [0.1, 0.15) is 24.0 Å². The minimum absolute atomic E-state index is 0.0545. The minimum Gasteiger partial charge on any atom is -0.302 e. The van der Waals surface area contributed by atoms with Gasteiger partial charge in [0.25, 0.3) is 0 Å². The van der Waals surface area contributed by atoms with Crippen molar-refractivity contribution >= 4 is 11.6 Å². The van der Waals surface area contributed by atoms with Crippen LogP contribution in [0.5, 0.6) is 0 Å². The predicted octanol–water partition coefficient (Wildman–Crippen LogP) is 4.27. The summed E-state index contributed by atoms with van der Waals surface area (Å²) in [6.07, 6.45) is -3.93. The van der Waals surface area contributed by atoms with Crippen molar-refractivity contribution in [2.24, 2.45) is 0 Å². The number of fused-ring (bicyclic) bond motifs is 2. The Morgan fingerprint density at radius 2 is 1.64 bits per heavy atom. The average Bonchev–Trinajstić information content (AvgIpc) is 2.87. The van der Waals surface area contributed by atoms with Gasteiger partial charge in [-0.15, -0.1) is 0 Å². The molecule has 2 aromatic carbocycles. The summed E-state index contributed by atoms with van der Waals surface area (Å²) in [6, 6.07) is 13.8. The smallest absolute Gasteiger partial charge is 0.302 e. The maximum atomic E-state index is 14.7. The molecule has 0 saturated carbocycles. The normalized spacial score (nSPS) is 19.3. The molecule has 28 heavy (non-hydrogen) atoms. The summed E-state index contributed by atoms with van der Waals surface area (Å²) >= 11 is 0. The van der Waals surface area contributed by atoms with Crippen LogP contribution in [0.15, 0.2) is 48.5 Å². The number of likely N-dealkylation sites (tertiary alicyclic amines) is 1. The van der Waals surface area contributed by atoms with E-state index in [4.69, 9.17) is 0 Å². The molecule has 1 amide bonds. The van der Waals surface area contributed by atoms with Gasteiger partial charge >= 0.3 is 6.18 Å². The molecule has 2 heterocycles. The zero-order valence-electron chi connectivity index (χ0n) is 15.2. The van der Waals surface area contributed by atoms with Crippen LogP contribution in [0, 0.1) is 5.82 Å². The largest absolute Gasteiger partial charge is 0.406 e. The van der Waals surface area contributed by atoms with Gasteiger partial charge in [-0.2, -0.15) is 13.2 Å². The lowest BCUT2D eigenvalue weighted by molar-refractivity contribution is -0.135. The minimum atomic E-state index is -4.54. The molecule has 148 valence electrons.